The average Bonchev–Trinajstić information content (AvgIpc) is 3.26. The third-order valence-electron chi connectivity index (χ3n) is 6.10. The van der Waals surface area contributed by atoms with Crippen molar-refractivity contribution in [1.82, 2.24) is 9.97 Å². The van der Waals surface area contributed by atoms with E-state index in [1.54, 1.807) is 18.4 Å². The first-order valence-electron chi connectivity index (χ1n) is 11.5. The molecule has 0 bridgehead atoms. The van der Waals surface area contributed by atoms with Gasteiger partial charge >= 0.3 is 5.97 Å². The Bertz CT molecular complexity index is 1170. The Morgan fingerprint density at radius 2 is 1.91 bits per heavy atom. The minimum Gasteiger partial charge on any atom is -0.496 e. The predicted molar refractivity (Wildman–Crippen MR) is 137 cm³/mol. The van der Waals surface area contributed by atoms with E-state index in [0.29, 0.717) is 23.8 Å². The first kappa shape index (κ1) is 25.9. The molecule has 3 N–H and O–H groups in total. The van der Waals surface area contributed by atoms with E-state index in [2.05, 4.69) is 13.8 Å². The highest BCUT2D eigenvalue weighted by Crippen LogP contribution is 2.38. The minimum atomic E-state index is -0.848. The number of ether oxygens (including phenoxy) is 2. The van der Waals surface area contributed by atoms with E-state index in [9.17, 15) is 9.90 Å². The second-order valence-corrected chi connectivity index (χ2v) is 10.9. The van der Waals surface area contributed by atoms with Crippen LogP contribution in [-0.2, 0) is 4.79 Å². The number of fused-ring (bicyclic) bond motifs is 1. The number of nitrogens with zero attached hydrogens (tertiary/aromatic N) is 2. The Balaban J connectivity index is 2.10. The van der Waals surface area contributed by atoms with E-state index in [4.69, 9.17) is 25.2 Å². The molecule has 3 rings (SSSR count). The highest BCUT2D eigenvalue weighted by Gasteiger charge is 2.34. The SMILES string of the molecule is COc1ccc2c(O[C@@H](CN)CC(C(=O)O)C(C)(C)C)cc(-c3nc(C(C)C)cs3)nc2c1C. The molecule has 2 aromatic heterocycles. The van der Waals surface area contributed by atoms with Crippen molar-refractivity contribution in [3.63, 3.8) is 0 Å². The second kappa shape index (κ2) is 10.3. The molecule has 0 spiro atoms. The summed E-state index contributed by atoms with van der Waals surface area (Å²) in [6.45, 7) is 12.1. The molecule has 0 radical (unpaired) electrons. The molecular formula is C26H35N3O4S. The molecule has 34 heavy (non-hydrogen) atoms. The lowest BCUT2D eigenvalue weighted by Crippen LogP contribution is -2.37. The van der Waals surface area contributed by atoms with E-state index in [-0.39, 0.29) is 6.54 Å². The highest BCUT2D eigenvalue weighted by molar-refractivity contribution is 7.13. The van der Waals surface area contributed by atoms with Crippen LogP contribution in [0, 0.1) is 18.3 Å². The van der Waals surface area contributed by atoms with Crippen molar-refractivity contribution >= 4 is 28.2 Å². The smallest absolute Gasteiger partial charge is 0.307 e. The van der Waals surface area contributed by atoms with Gasteiger partial charge in [0.15, 0.2) is 0 Å². The fourth-order valence-electron chi connectivity index (χ4n) is 3.94. The zero-order chi connectivity index (χ0) is 25.2. The van der Waals surface area contributed by atoms with Gasteiger partial charge in [-0.15, -0.1) is 11.3 Å². The van der Waals surface area contributed by atoms with Crippen molar-refractivity contribution in [3.05, 3.63) is 34.8 Å². The molecule has 2 heterocycles. The number of thiazole rings is 1. The fourth-order valence-corrected chi connectivity index (χ4v) is 4.88. The standard InChI is InChI=1S/C26H35N3O4S/c1-14(2)20-13-34-24(29-20)19-11-22(17-8-9-21(32-7)15(3)23(17)28-19)33-16(12-27)10-18(25(30)31)26(4,5)6/h8-9,11,13-14,16,18H,10,12,27H2,1-7H3,(H,30,31)/t16-,18?/m1/s1. The van der Waals surface area contributed by atoms with Gasteiger partial charge in [-0.1, -0.05) is 34.6 Å². The van der Waals surface area contributed by atoms with E-state index in [1.165, 1.54) is 0 Å². The van der Waals surface area contributed by atoms with Crippen molar-refractivity contribution in [2.24, 2.45) is 17.1 Å². The van der Waals surface area contributed by atoms with Crippen molar-refractivity contribution < 1.29 is 19.4 Å². The van der Waals surface area contributed by atoms with E-state index >= 15 is 0 Å². The van der Waals surface area contributed by atoms with Crippen LogP contribution >= 0.6 is 11.3 Å². The number of carboxylic acids is 1. The highest BCUT2D eigenvalue weighted by atomic mass is 32.1. The summed E-state index contributed by atoms with van der Waals surface area (Å²) >= 11 is 1.54. The van der Waals surface area contributed by atoms with Crippen molar-refractivity contribution in [2.45, 2.75) is 60.0 Å². The normalized spacial score (nSPS) is 13.8. The summed E-state index contributed by atoms with van der Waals surface area (Å²) in [6.07, 6.45) is -0.165. The van der Waals surface area contributed by atoms with E-state index in [1.807, 2.05) is 51.3 Å². The van der Waals surface area contributed by atoms with Crippen molar-refractivity contribution in [1.29, 1.82) is 0 Å². The van der Waals surface area contributed by atoms with Gasteiger partial charge in [0.2, 0.25) is 0 Å². The molecule has 0 aliphatic heterocycles. The number of methoxy groups -OCH3 is 1. The summed E-state index contributed by atoms with van der Waals surface area (Å²) < 4.78 is 11.9. The number of carboxylic acid groups (broad SMARTS) is 1. The number of aryl methyl sites for hydroxylation is 1. The first-order valence-corrected chi connectivity index (χ1v) is 12.4. The van der Waals surface area contributed by atoms with Crippen LogP contribution in [0.1, 0.15) is 58.2 Å². The molecule has 3 aromatic rings. The number of rotatable bonds is 9. The number of hydrogen-bond acceptors (Lipinski definition) is 7. The number of carbonyl (C=O) groups is 1. The van der Waals surface area contributed by atoms with Crippen LogP contribution in [0.3, 0.4) is 0 Å². The van der Waals surface area contributed by atoms with Gasteiger partial charge in [-0.05, 0) is 36.8 Å². The molecule has 0 saturated carbocycles. The van der Waals surface area contributed by atoms with E-state index in [0.717, 1.165) is 32.9 Å². The molecule has 0 amide bonds. The summed E-state index contributed by atoms with van der Waals surface area (Å²) in [5, 5.41) is 13.5. The van der Waals surface area contributed by atoms with Gasteiger partial charge in [0.25, 0.3) is 0 Å². The van der Waals surface area contributed by atoms with Gasteiger partial charge in [-0.2, -0.15) is 0 Å². The Labute approximate surface area is 205 Å². The maximum Gasteiger partial charge on any atom is 0.307 e. The van der Waals surface area contributed by atoms with Gasteiger partial charge in [0.1, 0.15) is 28.3 Å². The van der Waals surface area contributed by atoms with E-state index < -0.39 is 23.4 Å². The van der Waals surface area contributed by atoms with Crippen LogP contribution in [0.2, 0.25) is 0 Å². The van der Waals surface area contributed by atoms with Gasteiger partial charge in [0, 0.05) is 28.9 Å². The summed E-state index contributed by atoms with van der Waals surface area (Å²) in [4.78, 5) is 21.6. The van der Waals surface area contributed by atoms with Crippen LogP contribution in [0.5, 0.6) is 11.5 Å². The second-order valence-electron chi connectivity index (χ2n) is 9.99. The molecule has 1 unspecified atom stereocenters. The summed E-state index contributed by atoms with van der Waals surface area (Å²) in [6, 6.07) is 5.69. The van der Waals surface area contributed by atoms with Gasteiger partial charge < -0.3 is 20.3 Å². The lowest BCUT2D eigenvalue weighted by atomic mass is 9.77. The van der Waals surface area contributed by atoms with Gasteiger partial charge in [0.05, 0.1) is 24.2 Å². The summed E-state index contributed by atoms with van der Waals surface area (Å²) in [5.74, 6) is 0.220. The third kappa shape index (κ3) is 5.50. The minimum absolute atomic E-state index is 0.197. The fraction of sp³-hybridized carbons (Fsp3) is 0.500. The lowest BCUT2D eigenvalue weighted by Gasteiger charge is -2.30. The van der Waals surface area contributed by atoms with Crippen LogP contribution in [-0.4, -0.2) is 40.8 Å². The number of benzene rings is 1. The summed E-state index contributed by atoms with van der Waals surface area (Å²) in [7, 11) is 1.63. The number of aromatic nitrogens is 2. The Morgan fingerprint density at radius 1 is 1.21 bits per heavy atom. The topological polar surface area (TPSA) is 108 Å². The Kier molecular flexibility index (Phi) is 7.83. The molecule has 0 aliphatic carbocycles. The predicted octanol–water partition coefficient (Wildman–Crippen LogP) is 5.64. The number of hydrogen-bond donors (Lipinski definition) is 2. The zero-order valence-electron chi connectivity index (χ0n) is 21.0. The Hall–Kier alpha value is -2.71. The molecule has 8 heteroatoms. The van der Waals surface area contributed by atoms with Crippen LogP contribution in [0.15, 0.2) is 23.6 Å². The number of aliphatic carboxylic acids is 1. The van der Waals surface area contributed by atoms with Crippen LogP contribution < -0.4 is 15.2 Å². The maximum absolute atomic E-state index is 11.9. The molecule has 1 aromatic carbocycles. The molecule has 184 valence electrons. The van der Waals surface area contributed by atoms with Crippen molar-refractivity contribution in [3.8, 4) is 22.2 Å². The monoisotopic (exact) mass is 485 g/mol. The van der Waals surface area contributed by atoms with Gasteiger partial charge in [-0.3, -0.25) is 4.79 Å². The lowest BCUT2D eigenvalue weighted by molar-refractivity contribution is -0.146. The molecule has 2 atom stereocenters. The molecule has 0 saturated heterocycles. The number of pyridine rings is 1. The Morgan fingerprint density at radius 3 is 2.44 bits per heavy atom. The largest absolute Gasteiger partial charge is 0.496 e. The molecule has 0 fully saturated rings. The van der Waals surface area contributed by atoms with Crippen LogP contribution in [0.25, 0.3) is 21.6 Å². The molecule has 7 nitrogen and oxygen atoms in total. The third-order valence-corrected chi connectivity index (χ3v) is 6.98. The van der Waals surface area contributed by atoms with Crippen LogP contribution in [0.4, 0.5) is 0 Å². The first-order chi connectivity index (χ1) is 16.0. The zero-order valence-corrected chi connectivity index (χ0v) is 21.8. The van der Waals surface area contributed by atoms with Gasteiger partial charge in [-0.25, -0.2) is 9.97 Å². The maximum atomic E-state index is 11.9. The quantitative estimate of drug-likeness (QED) is 0.404. The molecular weight excluding hydrogens is 450 g/mol. The average molecular weight is 486 g/mol. The molecule has 0 aliphatic rings. The number of nitrogens with two attached hydrogens (primary N) is 1. The van der Waals surface area contributed by atoms with Crippen molar-refractivity contribution in [2.75, 3.05) is 13.7 Å². The summed E-state index contributed by atoms with van der Waals surface area (Å²) in [5.41, 5.74) is 9.01.